The van der Waals surface area contributed by atoms with Crippen molar-refractivity contribution in [2.45, 2.75) is 6.10 Å². The molecule has 2 aromatic carbocycles. The second kappa shape index (κ2) is 5.88. The van der Waals surface area contributed by atoms with Gasteiger partial charge in [0.25, 0.3) is 5.91 Å². The van der Waals surface area contributed by atoms with Gasteiger partial charge in [-0.3, -0.25) is 4.79 Å². The molecule has 0 saturated heterocycles. The van der Waals surface area contributed by atoms with Gasteiger partial charge in [0.2, 0.25) is 6.10 Å². The number of fused-ring (bicyclic) bond motifs is 1. The molecule has 1 aliphatic rings. The Labute approximate surface area is 131 Å². The van der Waals surface area contributed by atoms with Crippen molar-refractivity contribution in [3.05, 3.63) is 48.0 Å². The molecule has 23 heavy (non-hydrogen) atoms. The first-order chi connectivity index (χ1) is 11.0. The third-order valence-electron chi connectivity index (χ3n) is 3.30. The minimum atomic E-state index is -1.29. The van der Waals surface area contributed by atoms with E-state index in [4.69, 9.17) is 14.6 Å². The summed E-state index contributed by atoms with van der Waals surface area (Å²) in [5.41, 5.74) is -0.0541. The molecular formula is C16H13NO6. The molecule has 0 spiro atoms. The maximum Gasteiger partial charge on any atom is 0.339 e. The number of benzene rings is 2. The number of carbonyl (C=O) groups is 2. The van der Waals surface area contributed by atoms with Gasteiger partial charge in [0, 0.05) is 5.69 Å². The van der Waals surface area contributed by atoms with E-state index in [0.29, 0.717) is 11.5 Å². The number of phenols is 1. The SMILES string of the molecule is O=C(O)c1cc(NC(=O)C2COc3ccccc3O2)ccc1O. The summed E-state index contributed by atoms with van der Waals surface area (Å²) in [6, 6.07) is 10.8. The molecule has 0 aromatic heterocycles. The average Bonchev–Trinajstić information content (AvgIpc) is 2.55. The Morgan fingerprint density at radius 2 is 1.87 bits per heavy atom. The molecule has 1 unspecified atom stereocenters. The summed E-state index contributed by atoms with van der Waals surface area (Å²) < 4.78 is 11.0. The molecule has 1 atom stereocenters. The molecule has 3 rings (SSSR count). The van der Waals surface area contributed by atoms with Crippen LogP contribution in [-0.4, -0.2) is 34.8 Å². The summed E-state index contributed by atoms with van der Waals surface area (Å²) in [5, 5.41) is 21.0. The Morgan fingerprint density at radius 3 is 2.61 bits per heavy atom. The van der Waals surface area contributed by atoms with Crippen LogP contribution in [0.25, 0.3) is 0 Å². The third-order valence-corrected chi connectivity index (χ3v) is 3.30. The van der Waals surface area contributed by atoms with Crippen molar-refractivity contribution in [1.29, 1.82) is 0 Å². The molecule has 1 amide bonds. The van der Waals surface area contributed by atoms with Gasteiger partial charge in [0.05, 0.1) is 0 Å². The predicted octanol–water partition coefficient (Wildman–Crippen LogP) is 1.87. The first kappa shape index (κ1) is 14.7. The van der Waals surface area contributed by atoms with E-state index in [9.17, 15) is 14.7 Å². The molecule has 0 aliphatic carbocycles. The van der Waals surface area contributed by atoms with E-state index in [1.165, 1.54) is 18.2 Å². The molecule has 0 bridgehead atoms. The zero-order valence-corrected chi connectivity index (χ0v) is 11.9. The van der Waals surface area contributed by atoms with Crippen molar-refractivity contribution < 1.29 is 29.3 Å². The van der Waals surface area contributed by atoms with E-state index in [0.717, 1.165) is 0 Å². The van der Waals surface area contributed by atoms with Crippen LogP contribution in [0.4, 0.5) is 5.69 Å². The molecule has 7 heteroatoms. The smallest absolute Gasteiger partial charge is 0.339 e. The van der Waals surface area contributed by atoms with Crippen molar-refractivity contribution in [3.8, 4) is 17.2 Å². The highest BCUT2D eigenvalue weighted by molar-refractivity contribution is 5.97. The minimum Gasteiger partial charge on any atom is -0.507 e. The molecule has 118 valence electrons. The van der Waals surface area contributed by atoms with Crippen molar-refractivity contribution in [2.75, 3.05) is 11.9 Å². The maximum atomic E-state index is 12.2. The van der Waals surface area contributed by atoms with Gasteiger partial charge >= 0.3 is 5.97 Å². The normalized spacial score (nSPS) is 15.7. The second-order valence-electron chi connectivity index (χ2n) is 4.89. The summed E-state index contributed by atoms with van der Waals surface area (Å²) in [4.78, 5) is 23.2. The standard InChI is InChI=1S/C16H13NO6/c18-11-6-5-9(7-10(11)16(20)21)17-15(19)14-8-22-12-3-1-2-4-13(12)23-14/h1-7,14,18H,8H2,(H,17,19)(H,20,21). The number of hydrogen-bond donors (Lipinski definition) is 3. The summed E-state index contributed by atoms with van der Waals surface area (Å²) in [6.45, 7) is 0.0483. The van der Waals surface area contributed by atoms with E-state index in [1.54, 1.807) is 24.3 Å². The highest BCUT2D eigenvalue weighted by Gasteiger charge is 2.27. The lowest BCUT2D eigenvalue weighted by atomic mass is 10.1. The molecule has 1 aliphatic heterocycles. The lowest BCUT2D eigenvalue weighted by Gasteiger charge is -2.25. The fourth-order valence-corrected chi connectivity index (χ4v) is 2.16. The van der Waals surface area contributed by atoms with Crippen LogP contribution in [0.15, 0.2) is 42.5 Å². The van der Waals surface area contributed by atoms with Gasteiger partial charge in [-0.25, -0.2) is 4.79 Å². The zero-order valence-electron chi connectivity index (χ0n) is 11.9. The number of hydrogen-bond acceptors (Lipinski definition) is 5. The highest BCUT2D eigenvalue weighted by atomic mass is 16.6. The number of aromatic hydroxyl groups is 1. The molecule has 1 heterocycles. The van der Waals surface area contributed by atoms with E-state index in [-0.39, 0.29) is 23.6 Å². The monoisotopic (exact) mass is 315 g/mol. The van der Waals surface area contributed by atoms with Crippen LogP contribution in [0.1, 0.15) is 10.4 Å². The van der Waals surface area contributed by atoms with Gasteiger partial charge in [0.1, 0.15) is 17.9 Å². The number of anilines is 1. The van der Waals surface area contributed by atoms with Crippen LogP contribution in [0, 0.1) is 0 Å². The molecule has 7 nitrogen and oxygen atoms in total. The van der Waals surface area contributed by atoms with Gasteiger partial charge in [-0.05, 0) is 30.3 Å². The second-order valence-corrected chi connectivity index (χ2v) is 4.89. The summed E-state index contributed by atoms with van der Waals surface area (Å²) in [6.07, 6.45) is -0.855. The highest BCUT2D eigenvalue weighted by Crippen LogP contribution is 2.31. The van der Waals surface area contributed by atoms with E-state index < -0.39 is 18.0 Å². The van der Waals surface area contributed by atoms with Gasteiger partial charge in [0.15, 0.2) is 11.5 Å². The van der Waals surface area contributed by atoms with Crippen molar-refractivity contribution in [1.82, 2.24) is 0 Å². The van der Waals surface area contributed by atoms with Crippen molar-refractivity contribution in [2.24, 2.45) is 0 Å². The number of carbonyl (C=O) groups excluding carboxylic acids is 1. The summed E-state index contributed by atoms with van der Waals surface area (Å²) in [7, 11) is 0. The van der Waals surface area contributed by atoms with Gasteiger partial charge < -0.3 is 25.0 Å². The quantitative estimate of drug-likeness (QED) is 0.747. The third kappa shape index (κ3) is 3.03. The van der Waals surface area contributed by atoms with Crippen LogP contribution in [0.2, 0.25) is 0 Å². The minimum absolute atomic E-state index is 0.0483. The average molecular weight is 315 g/mol. The van der Waals surface area contributed by atoms with Gasteiger partial charge in [-0.15, -0.1) is 0 Å². The van der Waals surface area contributed by atoms with Gasteiger partial charge in [-0.1, -0.05) is 12.1 Å². The van der Waals surface area contributed by atoms with E-state index in [2.05, 4.69) is 5.32 Å². The van der Waals surface area contributed by atoms with E-state index in [1.807, 2.05) is 0 Å². The van der Waals surface area contributed by atoms with Crippen molar-refractivity contribution >= 4 is 17.6 Å². The Hall–Kier alpha value is -3.22. The molecular weight excluding hydrogens is 302 g/mol. The fraction of sp³-hybridized carbons (Fsp3) is 0.125. The largest absolute Gasteiger partial charge is 0.507 e. The molecule has 0 saturated carbocycles. The fourth-order valence-electron chi connectivity index (χ4n) is 2.16. The maximum absolute atomic E-state index is 12.2. The van der Waals surface area contributed by atoms with Crippen LogP contribution in [0.3, 0.4) is 0 Å². The lowest BCUT2D eigenvalue weighted by molar-refractivity contribution is -0.125. The van der Waals surface area contributed by atoms with Crippen LogP contribution < -0.4 is 14.8 Å². The number of nitrogens with one attached hydrogen (secondary N) is 1. The Bertz CT molecular complexity index is 773. The van der Waals surface area contributed by atoms with Gasteiger partial charge in [-0.2, -0.15) is 0 Å². The number of aromatic carboxylic acids is 1. The van der Waals surface area contributed by atoms with E-state index >= 15 is 0 Å². The zero-order chi connectivity index (χ0) is 16.4. The summed E-state index contributed by atoms with van der Waals surface area (Å²) in [5.74, 6) is -1.10. The van der Waals surface area contributed by atoms with Crippen LogP contribution >= 0.6 is 0 Å². The Morgan fingerprint density at radius 1 is 1.13 bits per heavy atom. The molecule has 0 fully saturated rings. The number of para-hydroxylation sites is 2. The summed E-state index contributed by atoms with van der Waals surface area (Å²) >= 11 is 0. The molecule has 0 radical (unpaired) electrons. The molecule has 3 N–H and O–H groups in total. The number of carboxylic acids is 1. The Balaban J connectivity index is 1.73. The number of amides is 1. The number of carboxylic acid groups (broad SMARTS) is 1. The first-order valence-electron chi connectivity index (χ1n) is 6.80. The predicted molar refractivity (Wildman–Crippen MR) is 80.0 cm³/mol. The Kier molecular flexibility index (Phi) is 3.76. The molecule has 2 aromatic rings. The van der Waals surface area contributed by atoms with Crippen LogP contribution in [-0.2, 0) is 4.79 Å². The number of rotatable bonds is 3. The van der Waals surface area contributed by atoms with Crippen LogP contribution in [0.5, 0.6) is 17.2 Å². The van der Waals surface area contributed by atoms with Crippen molar-refractivity contribution in [3.63, 3.8) is 0 Å². The first-order valence-corrected chi connectivity index (χ1v) is 6.80. The topological polar surface area (TPSA) is 105 Å². The lowest BCUT2D eigenvalue weighted by Crippen LogP contribution is -2.40. The number of ether oxygens (including phenoxy) is 2.